The van der Waals surface area contributed by atoms with Gasteiger partial charge in [-0.05, 0) is 54.9 Å². The first-order valence-corrected chi connectivity index (χ1v) is 12.0. The molecule has 2 aromatic carbocycles. The first-order valence-electron chi connectivity index (χ1n) is 12.0. The molecule has 0 spiro atoms. The van der Waals surface area contributed by atoms with Crippen molar-refractivity contribution in [2.45, 2.75) is 103 Å². The molecule has 2 aromatic rings. The molecule has 0 aliphatic carbocycles. The Labute approximate surface area is 174 Å². The molecule has 0 N–H and O–H groups in total. The van der Waals surface area contributed by atoms with Crippen LogP contribution in [-0.2, 0) is 6.42 Å². The zero-order valence-electron chi connectivity index (χ0n) is 18.3. The van der Waals surface area contributed by atoms with E-state index in [0.717, 1.165) is 0 Å². The summed E-state index contributed by atoms with van der Waals surface area (Å²) in [7, 11) is 0. The molecule has 0 heteroatoms. The lowest BCUT2D eigenvalue weighted by Crippen LogP contribution is -1.88. The number of fused-ring (bicyclic) bond motifs is 1. The lowest BCUT2D eigenvalue weighted by molar-refractivity contribution is 0.577. The molecule has 0 bridgehead atoms. The second-order valence-electron chi connectivity index (χ2n) is 8.33. The van der Waals surface area contributed by atoms with Gasteiger partial charge in [0.1, 0.15) is 0 Å². The van der Waals surface area contributed by atoms with Crippen LogP contribution < -0.4 is 0 Å². The molecule has 0 aliphatic heterocycles. The molecule has 154 valence electrons. The standard InChI is InChI=1S/C28H42/c1-2-3-4-5-6-7-8-9-10-11-12-13-14-15-16-17-21-26-23-20-24-27-22-18-19-25-28(26)27/h11-12,18-20,22-25H,2-10,13-17,21H2,1H3/b12-11+. The summed E-state index contributed by atoms with van der Waals surface area (Å²) in [4.78, 5) is 0. The Kier molecular flexibility index (Phi) is 12.5. The molecular formula is C28H42. The SMILES string of the molecule is CCCCCCCCCC/C=C/CCCCCCc1cccc2ccccc12. The van der Waals surface area contributed by atoms with Crippen LogP contribution in [0.1, 0.15) is 102 Å². The predicted octanol–water partition coefficient (Wildman–Crippen LogP) is 9.42. The van der Waals surface area contributed by atoms with E-state index in [0.29, 0.717) is 0 Å². The van der Waals surface area contributed by atoms with E-state index >= 15 is 0 Å². The second-order valence-corrected chi connectivity index (χ2v) is 8.33. The predicted molar refractivity (Wildman–Crippen MR) is 127 cm³/mol. The first kappa shape index (κ1) is 22.7. The van der Waals surface area contributed by atoms with Gasteiger partial charge in [0.15, 0.2) is 0 Å². The maximum Gasteiger partial charge on any atom is -0.0152 e. The Balaban J connectivity index is 1.42. The fourth-order valence-corrected chi connectivity index (χ4v) is 4.07. The van der Waals surface area contributed by atoms with E-state index in [2.05, 4.69) is 61.5 Å². The molecule has 0 heterocycles. The number of unbranched alkanes of at least 4 members (excludes halogenated alkanes) is 12. The van der Waals surface area contributed by atoms with Crippen LogP contribution in [0, 0.1) is 0 Å². The third-order valence-electron chi connectivity index (χ3n) is 5.84. The van der Waals surface area contributed by atoms with Gasteiger partial charge in [0.05, 0.1) is 0 Å². The van der Waals surface area contributed by atoms with Gasteiger partial charge in [-0.3, -0.25) is 0 Å². The van der Waals surface area contributed by atoms with Crippen molar-refractivity contribution in [3.05, 3.63) is 60.2 Å². The van der Waals surface area contributed by atoms with E-state index < -0.39 is 0 Å². The summed E-state index contributed by atoms with van der Waals surface area (Å²) >= 11 is 0. The zero-order chi connectivity index (χ0) is 19.7. The summed E-state index contributed by atoms with van der Waals surface area (Å²) in [5.74, 6) is 0. The van der Waals surface area contributed by atoms with Gasteiger partial charge in [0.2, 0.25) is 0 Å². The molecule has 2 rings (SSSR count). The van der Waals surface area contributed by atoms with Crippen LogP contribution in [0.4, 0.5) is 0 Å². The number of rotatable bonds is 16. The highest BCUT2D eigenvalue weighted by Gasteiger charge is 2.00. The normalized spacial score (nSPS) is 11.6. The van der Waals surface area contributed by atoms with Crippen molar-refractivity contribution in [3.63, 3.8) is 0 Å². The third-order valence-corrected chi connectivity index (χ3v) is 5.84. The van der Waals surface area contributed by atoms with Crippen molar-refractivity contribution in [1.82, 2.24) is 0 Å². The number of benzene rings is 2. The summed E-state index contributed by atoms with van der Waals surface area (Å²) < 4.78 is 0. The topological polar surface area (TPSA) is 0 Å². The number of aryl methyl sites for hydroxylation is 1. The largest absolute Gasteiger partial charge is 0.0885 e. The lowest BCUT2D eigenvalue weighted by Gasteiger charge is -2.06. The number of hydrogen-bond donors (Lipinski definition) is 0. The van der Waals surface area contributed by atoms with Crippen molar-refractivity contribution in [2.75, 3.05) is 0 Å². The summed E-state index contributed by atoms with van der Waals surface area (Å²) in [5.41, 5.74) is 1.52. The van der Waals surface area contributed by atoms with Crippen LogP contribution in [-0.4, -0.2) is 0 Å². The van der Waals surface area contributed by atoms with Crippen LogP contribution in [0.3, 0.4) is 0 Å². The lowest BCUT2D eigenvalue weighted by atomic mass is 9.99. The minimum atomic E-state index is 1.22. The average Bonchev–Trinajstić information content (AvgIpc) is 2.73. The van der Waals surface area contributed by atoms with Crippen LogP contribution in [0.5, 0.6) is 0 Å². The summed E-state index contributed by atoms with van der Waals surface area (Å²) in [5, 5.41) is 2.82. The molecule has 0 fully saturated rings. The molecule has 0 atom stereocenters. The van der Waals surface area contributed by atoms with Gasteiger partial charge in [-0.2, -0.15) is 0 Å². The summed E-state index contributed by atoms with van der Waals surface area (Å²) in [6.45, 7) is 2.29. The second kappa shape index (κ2) is 15.4. The van der Waals surface area contributed by atoms with Crippen LogP contribution in [0.25, 0.3) is 10.8 Å². The average molecular weight is 379 g/mol. The van der Waals surface area contributed by atoms with Crippen molar-refractivity contribution in [1.29, 1.82) is 0 Å². The molecule has 0 unspecified atom stereocenters. The van der Waals surface area contributed by atoms with Crippen LogP contribution >= 0.6 is 0 Å². The van der Waals surface area contributed by atoms with E-state index in [9.17, 15) is 0 Å². The van der Waals surface area contributed by atoms with Gasteiger partial charge >= 0.3 is 0 Å². The minimum absolute atomic E-state index is 1.22. The summed E-state index contributed by atoms with van der Waals surface area (Å²) in [6.07, 6.45) is 25.4. The Morgan fingerprint density at radius 2 is 1.14 bits per heavy atom. The Bertz CT molecular complexity index is 647. The van der Waals surface area contributed by atoms with Crippen molar-refractivity contribution >= 4 is 10.8 Å². The Morgan fingerprint density at radius 1 is 0.571 bits per heavy atom. The molecule has 0 aromatic heterocycles. The number of hydrogen-bond acceptors (Lipinski definition) is 0. The van der Waals surface area contributed by atoms with Crippen LogP contribution in [0.2, 0.25) is 0 Å². The van der Waals surface area contributed by atoms with Gasteiger partial charge in [0, 0.05) is 0 Å². The molecular weight excluding hydrogens is 336 g/mol. The molecule has 0 radical (unpaired) electrons. The quantitative estimate of drug-likeness (QED) is 0.201. The Hall–Kier alpha value is -1.56. The minimum Gasteiger partial charge on any atom is -0.0885 e. The molecule has 0 nitrogen and oxygen atoms in total. The van der Waals surface area contributed by atoms with Crippen molar-refractivity contribution in [3.8, 4) is 0 Å². The van der Waals surface area contributed by atoms with Crippen molar-refractivity contribution < 1.29 is 0 Å². The van der Waals surface area contributed by atoms with Gasteiger partial charge in [-0.25, -0.2) is 0 Å². The highest BCUT2D eigenvalue weighted by atomic mass is 14.0. The highest BCUT2D eigenvalue weighted by molar-refractivity contribution is 5.85. The van der Waals surface area contributed by atoms with Crippen LogP contribution in [0.15, 0.2) is 54.6 Å². The maximum atomic E-state index is 2.42. The molecule has 0 saturated carbocycles. The van der Waals surface area contributed by atoms with E-state index in [1.165, 1.54) is 113 Å². The van der Waals surface area contributed by atoms with Crippen molar-refractivity contribution in [2.24, 2.45) is 0 Å². The zero-order valence-corrected chi connectivity index (χ0v) is 18.3. The fraction of sp³-hybridized carbons (Fsp3) is 0.571. The van der Waals surface area contributed by atoms with E-state index in [4.69, 9.17) is 0 Å². The van der Waals surface area contributed by atoms with E-state index in [1.54, 1.807) is 0 Å². The maximum absolute atomic E-state index is 2.42. The van der Waals surface area contributed by atoms with E-state index in [1.807, 2.05) is 0 Å². The Morgan fingerprint density at radius 3 is 1.86 bits per heavy atom. The summed E-state index contributed by atoms with van der Waals surface area (Å²) in [6, 6.07) is 15.5. The molecule has 0 saturated heterocycles. The van der Waals surface area contributed by atoms with E-state index in [-0.39, 0.29) is 0 Å². The highest BCUT2D eigenvalue weighted by Crippen LogP contribution is 2.20. The van der Waals surface area contributed by atoms with Gasteiger partial charge in [0.25, 0.3) is 0 Å². The first-order chi connectivity index (χ1) is 13.9. The molecule has 0 amide bonds. The van der Waals surface area contributed by atoms with Gasteiger partial charge in [-0.15, -0.1) is 0 Å². The van der Waals surface area contributed by atoms with Gasteiger partial charge < -0.3 is 0 Å². The third kappa shape index (κ3) is 9.58. The number of allylic oxidation sites excluding steroid dienone is 2. The van der Waals surface area contributed by atoms with Gasteiger partial charge in [-0.1, -0.05) is 119 Å². The molecule has 28 heavy (non-hydrogen) atoms. The fourth-order valence-electron chi connectivity index (χ4n) is 4.07. The smallest absolute Gasteiger partial charge is 0.0152 e. The monoisotopic (exact) mass is 378 g/mol. The molecule has 0 aliphatic rings.